The Hall–Kier alpha value is -3.54. The number of fused-ring (bicyclic) bond motifs is 1. The van der Waals surface area contributed by atoms with Gasteiger partial charge in [0.25, 0.3) is 5.91 Å². The smallest absolute Gasteiger partial charge is 0.271 e. The molecule has 3 amide bonds. The van der Waals surface area contributed by atoms with Crippen LogP contribution >= 0.6 is 0 Å². The van der Waals surface area contributed by atoms with Crippen LogP contribution in [-0.4, -0.2) is 16.9 Å². The summed E-state index contributed by atoms with van der Waals surface area (Å²) in [4.78, 5) is 38.0. The van der Waals surface area contributed by atoms with Gasteiger partial charge in [-0.25, -0.2) is 9.69 Å². The number of anilines is 1. The number of benzene rings is 3. The molecule has 1 aliphatic heterocycles. The van der Waals surface area contributed by atoms with Crippen LogP contribution in [0.4, 0.5) is 10.5 Å². The highest BCUT2D eigenvalue weighted by Crippen LogP contribution is 2.37. The van der Waals surface area contributed by atoms with E-state index in [0.29, 0.717) is 16.3 Å². The fourth-order valence-electron chi connectivity index (χ4n) is 3.16. The lowest BCUT2D eigenvalue weighted by Gasteiger charge is -2.15. The molecule has 122 valence electrons. The van der Waals surface area contributed by atoms with Crippen LogP contribution in [0.3, 0.4) is 0 Å². The molecule has 0 N–H and O–H groups in total. The van der Waals surface area contributed by atoms with E-state index in [4.69, 9.17) is 0 Å². The highest BCUT2D eigenvalue weighted by atomic mass is 16.3. The molecule has 3 aromatic rings. The molecule has 1 saturated heterocycles. The second-order valence-corrected chi connectivity index (χ2v) is 5.69. The van der Waals surface area contributed by atoms with Crippen molar-refractivity contribution < 1.29 is 9.59 Å². The van der Waals surface area contributed by atoms with Gasteiger partial charge in [0, 0.05) is 5.39 Å². The van der Waals surface area contributed by atoms with Gasteiger partial charge in [-0.2, -0.15) is 5.01 Å². The second kappa shape index (κ2) is 5.83. The van der Waals surface area contributed by atoms with Gasteiger partial charge in [-0.05, 0) is 17.0 Å². The normalized spacial score (nSPS) is 17.4. The van der Waals surface area contributed by atoms with Crippen molar-refractivity contribution in [2.45, 2.75) is 6.04 Å². The molecule has 1 atom stereocenters. The van der Waals surface area contributed by atoms with Gasteiger partial charge in [0.05, 0.1) is 11.0 Å². The summed E-state index contributed by atoms with van der Waals surface area (Å²) in [7, 11) is 0. The molecule has 1 unspecified atom stereocenters. The average Bonchev–Trinajstić information content (AvgIpc) is 2.91. The maximum absolute atomic E-state index is 13.0. The van der Waals surface area contributed by atoms with Gasteiger partial charge in [-0.1, -0.05) is 66.7 Å². The first-order valence-corrected chi connectivity index (χ1v) is 7.75. The summed E-state index contributed by atoms with van der Waals surface area (Å²) in [6.07, 6.45) is 0. The topological polar surface area (TPSA) is 70.1 Å². The maximum atomic E-state index is 13.0. The molecule has 1 heterocycles. The maximum Gasteiger partial charge on any atom is 0.355 e. The number of carbonyl (C=O) groups is 2. The van der Waals surface area contributed by atoms with Crippen molar-refractivity contribution in [3.63, 3.8) is 0 Å². The van der Waals surface area contributed by atoms with Gasteiger partial charge < -0.3 is 0 Å². The van der Waals surface area contributed by atoms with Crippen molar-refractivity contribution in [2.24, 2.45) is 5.29 Å². The molecule has 1 fully saturated rings. The summed E-state index contributed by atoms with van der Waals surface area (Å²) in [6.45, 7) is 0. The summed E-state index contributed by atoms with van der Waals surface area (Å²) in [5.74, 6) is -0.493. The largest absolute Gasteiger partial charge is 0.355 e. The molecule has 0 aromatic heterocycles. The Bertz CT molecular complexity index is 982. The van der Waals surface area contributed by atoms with Crippen LogP contribution in [0.2, 0.25) is 0 Å². The lowest BCUT2D eigenvalue weighted by molar-refractivity contribution is -0.119. The first-order valence-electron chi connectivity index (χ1n) is 7.75. The van der Waals surface area contributed by atoms with Crippen molar-refractivity contribution in [3.05, 3.63) is 83.3 Å². The predicted octanol–water partition coefficient (Wildman–Crippen LogP) is 4.03. The molecule has 6 nitrogen and oxygen atoms in total. The first kappa shape index (κ1) is 15.0. The summed E-state index contributed by atoms with van der Waals surface area (Å²) < 4.78 is 0. The van der Waals surface area contributed by atoms with Crippen LogP contribution in [0.5, 0.6) is 0 Å². The molecule has 0 saturated carbocycles. The Kier molecular flexibility index (Phi) is 3.50. The number of urea groups is 1. The zero-order valence-corrected chi connectivity index (χ0v) is 13.1. The molecule has 0 aliphatic carbocycles. The summed E-state index contributed by atoms with van der Waals surface area (Å²) >= 11 is 0. The van der Waals surface area contributed by atoms with Crippen LogP contribution in [0.25, 0.3) is 10.8 Å². The van der Waals surface area contributed by atoms with Crippen molar-refractivity contribution in [3.8, 4) is 0 Å². The Balaban J connectivity index is 1.87. The van der Waals surface area contributed by atoms with E-state index in [0.717, 1.165) is 15.7 Å². The number of rotatable bonds is 3. The van der Waals surface area contributed by atoms with Gasteiger partial charge >= 0.3 is 6.03 Å². The van der Waals surface area contributed by atoms with Gasteiger partial charge in [-0.15, -0.1) is 4.91 Å². The number of amides is 3. The third kappa shape index (κ3) is 2.27. The lowest BCUT2D eigenvalue weighted by atomic mass is 10.1. The average molecular weight is 331 g/mol. The summed E-state index contributed by atoms with van der Waals surface area (Å²) in [6, 6.07) is 19.7. The van der Waals surface area contributed by atoms with Crippen LogP contribution in [0.1, 0.15) is 11.6 Å². The van der Waals surface area contributed by atoms with Crippen LogP contribution in [0.15, 0.2) is 78.1 Å². The van der Waals surface area contributed by atoms with E-state index in [9.17, 15) is 14.5 Å². The van der Waals surface area contributed by atoms with Crippen LogP contribution in [-0.2, 0) is 4.79 Å². The SMILES string of the molecule is O=NN1C(=O)N(c2cccc3ccccc23)C(=O)C1c1ccccc1. The standard InChI is InChI=1S/C19H13N3O3/c23-18-17(14-8-2-1-3-9-14)22(20-25)19(24)21(18)16-12-6-10-13-7-4-5-11-15(13)16/h1-12,17H. The van der Waals surface area contributed by atoms with Gasteiger partial charge in [-0.3, -0.25) is 4.79 Å². The number of imide groups is 1. The number of nitroso groups, excluding NO2 is 1. The Morgan fingerprint density at radius 3 is 2.24 bits per heavy atom. The van der Waals surface area contributed by atoms with Crippen molar-refractivity contribution in [1.29, 1.82) is 0 Å². The molecular weight excluding hydrogens is 318 g/mol. The van der Waals surface area contributed by atoms with Crippen LogP contribution in [0, 0.1) is 4.91 Å². The molecule has 25 heavy (non-hydrogen) atoms. The van der Waals surface area contributed by atoms with Crippen LogP contribution < -0.4 is 4.90 Å². The first-order chi connectivity index (χ1) is 12.2. The summed E-state index contributed by atoms with van der Waals surface area (Å²) in [5, 5.41) is 5.15. The quantitative estimate of drug-likeness (QED) is 0.537. The van der Waals surface area contributed by atoms with Gasteiger partial charge in [0.15, 0.2) is 6.04 Å². The minimum Gasteiger partial charge on any atom is -0.271 e. The van der Waals surface area contributed by atoms with E-state index < -0.39 is 18.0 Å². The van der Waals surface area contributed by atoms with Gasteiger partial charge in [0.2, 0.25) is 0 Å². The molecule has 0 spiro atoms. The number of nitrogens with zero attached hydrogens (tertiary/aromatic N) is 3. The monoisotopic (exact) mass is 331 g/mol. The molecule has 0 radical (unpaired) electrons. The highest BCUT2D eigenvalue weighted by molar-refractivity contribution is 6.24. The zero-order chi connectivity index (χ0) is 17.4. The minimum atomic E-state index is -1.05. The van der Waals surface area contributed by atoms with E-state index in [1.807, 2.05) is 30.3 Å². The second-order valence-electron chi connectivity index (χ2n) is 5.69. The molecular formula is C19H13N3O3. The Labute approximate surface area is 143 Å². The molecule has 1 aliphatic rings. The van der Waals surface area contributed by atoms with E-state index in [1.54, 1.807) is 42.5 Å². The van der Waals surface area contributed by atoms with E-state index in [2.05, 4.69) is 5.29 Å². The zero-order valence-electron chi connectivity index (χ0n) is 13.1. The molecule has 0 bridgehead atoms. The van der Waals surface area contributed by atoms with Gasteiger partial charge in [0.1, 0.15) is 0 Å². The minimum absolute atomic E-state index is 0.445. The summed E-state index contributed by atoms with van der Waals surface area (Å²) in [5.41, 5.74) is 0.989. The van der Waals surface area contributed by atoms with E-state index >= 15 is 0 Å². The van der Waals surface area contributed by atoms with E-state index in [1.165, 1.54) is 0 Å². The number of carbonyl (C=O) groups excluding carboxylic acids is 2. The number of hydrogen-bond donors (Lipinski definition) is 0. The third-order valence-corrected chi connectivity index (χ3v) is 4.30. The van der Waals surface area contributed by atoms with Crippen molar-refractivity contribution in [1.82, 2.24) is 5.01 Å². The number of hydrogen-bond acceptors (Lipinski definition) is 4. The highest BCUT2D eigenvalue weighted by Gasteiger charge is 2.48. The third-order valence-electron chi connectivity index (χ3n) is 4.30. The lowest BCUT2D eigenvalue weighted by Crippen LogP contribution is -2.31. The fourth-order valence-corrected chi connectivity index (χ4v) is 3.16. The fraction of sp³-hybridized carbons (Fsp3) is 0.0526. The molecule has 6 heteroatoms. The van der Waals surface area contributed by atoms with Crippen molar-refractivity contribution >= 4 is 28.4 Å². The predicted molar refractivity (Wildman–Crippen MR) is 93.6 cm³/mol. The molecule has 3 aromatic carbocycles. The Morgan fingerprint density at radius 2 is 1.48 bits per heavy atom. The Morgan fingerprint density at radius 1 is 0.800 bits per heavy atom. The molecule has 4 rings (SSSR count). The van der Waals surface area contributed by atoms with Crippen molar-refractivity contribution in [2.75, 3.05) is 4.90 Å². The van der Waals surface area contributed by atoms with E-state index in [-0.39, 0.29) is 0 Å².